The van der Waals surface area contributed by atoms with Crippen LogP contribution in [-0.2, 0) is 6.54 Å². The van der Waals surface area contributed by atoms with E-state index < -0.39 is 0 Å². The van der Waals surface area contributed by atoms with Gasteiger partial charge in [-0.05, 0) is 37.5 Å². The molecule has 0 radical (unpaired) electrons. The van der Waals surface area contributed by atoms with Crippen LogP contribution in [0.15, 0.2) is 28.9 Å². The number of nitrogens with zero attached hydrogens (tertiary/aromatic N) is 2. The van der Waals surface area contributed by atoms with E-state index in [-0.39, 0.29) is 0 Å². The Kier molecular flexibility index (Phi) is 3.65. The smallest absolute Gasteiger partial charge is 0.0819 e. The summed E-state index contributed by atoms with van der Waals surface area (Å²) in [5.74, 6) is 0. The van der Waals surface area contributed by atoms with E-state index in [4.69, 9.17) is 11.6 Å². The first-order valence-corrected chi connectivity index (χ1v) is 7.54. The van der Waals surface area contributed by atoms with Crippen LogP contribution in [0, 0.1) is 6.92 Å². The molecule has 0 amide bonds. The average Bonchev–Trinajstić information content (AvgIpc) is 3.14. The van der Waals surface area contributed by atoms with Gasteiger partial charge in [-0.1, -0.05) is 33.6 Å². The summed E-state index contributed by atoms with van der Waals surface area (Å²) < 4.78 is 2.90. The third kappa shape index (κ3) is 3.02. The molecule has 1 saturated carbocycles. The zero-order valence-electron chi connectivity index (χ0n) is 10.7. The average molecular weight is 341 g/mol. The molecule has 0 saturated heterocycles. The lowest BCUT2D eigenvalue weighted by Crippen LogP contribution is -2.17. The summed E-state index contributed by atoms with van der Waals surface area (Å²) >= 11 is 9.62. The fourth-order valence-electron chi connectivity index (χ4n) is 2.00. The summed E-state index contributed by atoms with van der Waals surface area (Å²) in [5, 5.41) is 8.69. The maximum absolute atomic E-state index is 6.10. The monoisotopic (exact) mass is 339 g/mol. The molecule has 1 aliphatic carbocycles. The van der Waals surface area contributed by atoms with Gasteiger partial charge in [0.25, 0.3) is 0 Å². The molecular formula is C14H15BrClN3. The van der Waals surface area contributed by atoms with Crippen molar-refractivity contribution < 1.29 is 0 Å². The molecule has 0 bridgehead atoms. The van der Waals surface area contributed by atoms with Gasteiger partial charge in [-0.15, -0.1) is 0 Å². The van der Waals surface area contributed by atoms with E-state index in [9.17, 15) is 0 Å². The minimum atomic E-state index is 0.694. The molecule has 3 rings (SSSR count). The van der Waals surface area contributed by atoms with Gasteiger partial charge in [-0.3, -0.25) is 0 Å². The van der Waals surface area contributed by atoms with Crippen molar-refractivity contribution in [3.05, 3.63) is 45.1 Å². The normalized spacial score (nSPS) is 14.9. The van der Waals surface area contributed by atoms with Crippen LogP contribution in [0.2, 0.25) is 5.02 Å². The molecule has 1 heterocycles. The third-order valence-electron chi connectivity index (χ3n) is 3.29. The summed E-state index contributed by atoms with van der Waals surface area (Å²) in [5.41, 5.74) is 3.15. The molecule has 1 aromatic heterocycles. The van der Waals surface area contributed by atoms with Crippen LogP contribution >= 0.6 is 27.5 Å². The fourth-order valence-corrected chi connectivity index (χ4v) is 2.48. The van der Waals surface area contributed by atoms with Crippen molar-refractivity contribution in [3.8, 4) is 5.69 Å². The van der Waals surface area contributed by atoms with Crippen LogP contribution in [0.1, 0.15) is 24.1 Å². The number of benzene rings is 1. The molecule has 0 unspecified atom stereocenters. The third-order valence-corrected chi connectivity index (χ3v) is 4.16. The number of hydrogen-bond acceptors (Lipinski definition) is 2. The van der Waals surface area contributed by atoms with Crippen LogP contribution in [0.3, 0.4) is 0 Å². The lowest BCUT2D eigenvalue weighted by Gasteiger charge is -2.11. The summed E-state index contributed by atoms with van der Waals surface area (Å²) in [6.07, 6.45) is 4.44. The zero-order chi connectivity index (χ0) is 13.4. The molecule has 1 fully saturated rings. The minimum Gasteiger partial charge on any atom is -0.310 e. The fraction of sp³-hybridized carbons (Fsp3) is 0.357. The molecule has 0 aliphatic heterocycles. The topological polar surface area (TPSA) is 29.9 Å². The Balaban J connectivity index is 1.94. The Labute approximate surface area is 126 Å². The second kappa shape index (κ2) is 5.27. The van der Waals surface area contributed by atoms with Gasteiger partial charge in [-0.2, -0.15) is 5.10 Å². The van der Waals surface area contributed by atoms with Gasteiger partial charge >= 0.3 is 0 Å². The van der Waals surface area contributed by atoms with Crippen LogP contribution in [0.4, 0.5) is 0 Å². The van der Waals surface area contributed by atoms with Crippen molar-refractivity contribution in [1.82, 2.24) is 15.1 Å². The Morgan fingerprint density at radius 1 is 1.47 bits per heavy atom. The predicted octanol–water partition coefficient (Wildman–Crippen LogP) is 3.85. The van der Waals surface area contributed by atoms with Gasteiger partial charge in [-0.25, -0.2) is 4.68 Å². The van der Waals surface area contributed by atoms with Gasteiger partial charge in [0, 0.05) is 23.3 Å². The molecule has 1 aliphatic rings. The number of nitrogens with one attached hydrogen (secondary N) is 1. The highest BCUT2D eigenvalue weighted by atomic mass is 79.9. The number of aryl methyl sites for hydroxylation is 1. The molecule has 1 N–H and O–H groups in total. The lowest BCUT2D eigenvalue weighted by atomic mass is 10.2. The molecular weight excluding hydrogens is 326 g/mol. The first-order valence-electron chi connectivity index (χ1n) is 6.37. The molecule has 3 nitrogen and oxygen atoms in total. The first-order chi connectivity index (χ1) is 9.13. The van der Waals surface area contributed by atoms with Crippen molar-refractivity contribution in [3.63, 3.8) is 0 Å². The van der Waals surface area contributed by atoms with Gasteiger partial charge in [0.2, 0.25) is 0 Å². The van der Waals surface area contributed by atoms with Crippen molar-refractivity contribution in [1.29, 1.82) is 0 Å². The largest absolute Gasteiger partial charge is 0.310 e. The number of rotatable bonds is 4. The summed E-state index contributed by atoms with van der Waals surface area (Å²) in [6, 6.07) is 6.96. The van der Waals surface area contributed by atoms with Crippen molar-refractivity contribution in [2.75, 3.05) is 0 Å². The van der Waals surface area contributed by atoms with E-state index in [2.05, 4.69) is 44.5 Å². The van der Waals surface area contributed by atoms with Gasteiger partial charge in [0.05, 0.1) is 16.4 Å². The highest BCUT2D eigenvalue weighted by molar-refractivity contribution is 9.10. The lowest BCUT2D eigenvalue weighted by molar-refractivity contribution is 0.680. The van der Waals surface area contributed by atoms with E-state index in [0.717, 1.165) is 22.4 Å². The number of hydrogen-bond donors (Lipinski definition) is 1. The van der Waals surface area contributed by atoms with Crippen LogP contribution in [-0.4, -0.2) is 15.8 Å². The summed E-state index contributed by atoms with van der Waals surface area (Å²) in [4.78, 5) is 0. The summed E-state index contributed by atoms with van der Waals surface area (Å²) in [6.45, 7) is 2.78. The second-order valence-electron chi connectivity index (χ2n) is 4.94. The Morgan fingerprint density at radius 2 is 2.26 bits per heavy atom. The minimum absolute atomic E-state index is 0.694. The van der Waals surface area contributed by atoms with Crippen LogP contribution < -0.4 is 5.32 Å². The SMILES string of the molecule is Cc1nn(-c2cc(Br)ccc2CNC2CC2)cc1Cl. The standard InChI is InChI=1S/C14H15BrClN3/c1-9-13(16)8-19(18-9)14-6-11(15)3-2-10(14)7-17-12-4-5-12/h2-3,6,8,12,17H,4-5,7H2,1H3. The van der Waals surface area contributed by atoms with Crippen molar-refractivity contribution >= 4 is 27.5 Å². The molecule has 1 aromatic carbocycles. The number of aromatic nitrogens is 2. The van der Waals surface area contributed by atoms with E-state index in [1.807, 2.05) is 17.8 Å². The molecule has 5 heteroatoms. The van der Waals surface area contributed by atoms with Gasteiger partial charge in [0.1, 0.15) is 0 Å². The Bertz CT molecular complexity index is 585. The molecule has 0 atom stereocenters. The summed E-state index contributed by atoms with van der Waals surface area (Å²) in [7, 11) is 0. The Hall–Kier alpha value is -0.840. The molecule has 19 heavy (non-hydrogen) atoms. The molecule has 0 spiro atoms. The maximum Gasteiger partial charge on any atom is 0.0819 e. The van der Waals surface area contributed by atoms with Gasteiger partial charge in [0.15, 0.2) is 0 Å². The van der Waals surface area contributed by atoms with Crippen molar-refractivity contribution in [2.45, 2.75) is 32.4 Å². The first kappa shape index (κ1) is 13.2. The van der Waals surface area contributed by atoms with Crippen LogP contribution in [0.5, 0.6) is 0 Å². The van der Waals surface area contributed by atoms with Crippen molar-refractivity contribution in [2.24, 2.45) is 0 Å². The highest BCUT2D eigenvalue weighted by Crippen LogP contribution is 2.25. The van der Waals surface area contributed by atoms with E-state index >= 15 is 0 Å². The van der Waals surface area contributed by atoms with E-state index in [1.54, 1.807) is 0 Å². The molecule has 100 valence electrons. The van der Waals surface area contributed by atoms with E-state index in [1.165, 1.54) is 18.4 Å². The number of halogens is 2. The van der Waals surface area contributed by atoms with Crippen LogP contribution in [0.25, 0.3) is 5.69 Å². The van der Waals surface area contributed by atoms with E-state index in [0.29, 0.717) is 11.1 Å². The second-order valence-corrected chi connectivity index (χ2v) is 6.26. The molecule has 2 aromatic rings. The quantitative estimate of drug-likeness (QED) is 0.916. The van der Waals surface area contributed by atoms with Gasteiger partial charge < -0.3 is 5.32 Å². The maximum atomic E-state index is 6.10. The highest BCUT2D eigenvalue weighted by Gasteiger charge is 2.20. The zero-order valence-corrected chi connectivity index (χ0v) is 13.0. The predicted molar refractivity (Wildman–Crippen MR) is 80.9 cm³/mol. The Morgan fingerprint density at radius 3 is 2.89 bits per heavy atom.